The van der Waals surface area contributed by atoms with Crippen LogP contribution in [0.4, 0.5) is 5.13 Å². The number of benzene rings is 3. The number of aromatic nitrogens is 1. The first-order chi connectivity index (χ1) is 12.5. The SMILES string of the molecule is O=S(=O)(Nc1nc(-c2ccc(Br)cc2)cs1)c1ccc2ccccc2c1. The molecule has 130 valence electrons. The van der Waals surface area contributed by atoms with Gasteiger partial charge in [-0.3, -0.25) is 4.72 Å². The highest BCUT2D eigenvalue weighted by molar-refractivity contribution is 9.10. The van der Waals surface area contributed by atoms with Gasteiger partial charge in [0.05, 0.1) is 10.6 Å². The highest BCUT2D eigenvalue weighted by Gasteiger charge is 2.17. The normalized spacial score (nSPS) is 11.6. The van der Waals surface area contributed by atoms with Crippen molar-refractivity contribution in [3.8, 4) is 11.3 Å². The van der Waals surface area contributed by atoms with Crippen molar-refractivity contribution < 1.29 is 8.42 Å². The largest absolute Gasteiger partial charge is 0.263 e. The van der Waals surface area contributed by atoms with Crippen LogP contribution in [-0.2, 0) is 10.0 Å². The van der Waals surface area contributed by atoms with Gasteiger partial charge in [0.25, 0.3) is 10.0 Å². The van der Waals surface area contributed by atoms with E-state index < -0.39 is 10.0 Å². The van der Waals surface area contributed by atoms with Gasteiger partial charge in [0, 0.05) is 15.4 Å². The molecule has 0 aliphatic carbocycles. The van der Waals surface area contributed by atoms with Gasteiger partial charge in [-0.25, -0.2) is 13.4 Å². The molecule has 0 saturated carbocycles. The number of thiazole rings is 1. The lowest BCUT2D eigenvalue weighted by molar-refractivity contribution is 0.601. The summed E-state index contributed by atoms with van der Waals surface area (Å²) < 4.78 is 28.9. The third-order valence-electron chi connectivity index (χ3n) is 3.90. The summed E-state index contributed by atoms with van der Waals surface area (Å²) in [6.07, 6.45) is 0. The molecule has 0 aliphatic rings. The second-order valence-corrected chi connectivity index (χ2v) is 9.12. The minimum atomic E-state index is -3.69. The van der Waals surface area contributed by atoms with Crippen LogP contribution in [0.2, 0.25) is 0 Å². The van der Waals surface area contributed by atoms with Gasteiger partial charge in [-0.05, 0) is 35.0 Å². The van der Waals surface area contributed by atoms with E-state index in [-0.39, 0.29) is 4.90 Å². The van der Waals surface area contributed by atoms with Crippen molar-refractivity contribution in [2.24, 2.45) is 0 Å². The molecule has 1 heterocycles. The Morgan fingerprint density at radius 2 is 1.65 bits per heavy atom. The average Bonchev–Trinajstić information content (AvgIpc) is 3.09. The second kappa shape index (κ2) is 6.83. The Balaban J connectivity index is 1.62. The third-order valence-corrected chi connectivity index (χ3v) is 6.65. The standard InChI is InChI=1S/C19H13BrN2O2S2/c20-16-8-5-14(6-9-16)18-12-25-19(21-18)22-26(23,24)17-10-7-13-3-1-2-4-15(13)11-17/h1-12H,(H,21,22). The third kappa shape index (κ3) is 3.51. The van der Waals surface area contributed by atoms with Gasteiger partial charge in [-0.2, -0.15) is 0 Å². The highest BCUT2D eigenvalue weighted by Crippen LogP contribution is 2.28. The van der Waals surface area contributed by atoms with Gasteiger partial charge >= 0.3 is 0 Å². The minimum Gasteiger partial charge on any atom is -0.255 e. The van der Waals surface area contributed by atoms with E-state index in [0.717, 1.165) is 26.5 Å². The van der Waals surface area contributed by atoms with Crippen LogP contribution in [-0.4, -0.2) is 13.4 Å². The van der Waals surface area contributed by atoms with Crippen LogP contribution in [0.15, 0.2) is 81.5 Å². The molecule has 4 rings (SSSR count). The van der Waals surface area contributed by atoms with E-state index in [1.807, 2.05) is 53.9 Å². The maximum atomic E-state index is 12.7. The van der Waals surface area contributed by atoms with Crippen molar-refractivity contribution in [2.45, 2.75) is 4.90 Å². The summed E-state index contributed by atoms with van der Waals surface area (Å²) in [5.41, 5.74) is 1.67. The number of halogens is 1. The smallest absolute Gasteiger partial charge is 0.255 e. The number of fused-ring (bicyclic) bond motifs is 1. The van der Waals surface area contributed by atoms with Crippen molar-refractivity contribution in [3.63, 3.8) is 0 Å². The maximum absolute atomic E-state index is 12.7. The highest BCUT2D eigenvalue weighted by atomic mass is 79.9. The summed E-state index contributed by atoms with van der Waals surface area (Å²) in [4.78, 5) is 4.62. The Bertz CT molecular complexity index is 1190. The van der Waals surface area contributed by atoms with Gasteiger partial charge in [-0.1, -0.05) is 58.4 Å². The molecule has 26 heavy (non-hydrogen) atoms. The molecule has 0 bridgehead atoms. The number of nitrogens with one attached hydrogen (secondary N) is 1. The predicted molar refractivity (Wildman–Crippen MR) is 110 cm³/mol. The summed E-state index contributed by atoms with van der Waals surface area (Å²) in [6, 6.07) is 20.4. The van der Waals surface area contributed by atoms with Crippen molar-refractivity contribution in [2.75, 3.05) is 4.72 Å². The van der Waals surface area contributed by atoms with E-state index in [9.17, 15) is 8.42 Å². The molecular weight excluding hydrogens is 432 g/mol. The average molecular weight is 445 g/mol. The first-order valence-corrected chi connectivity index (χ1v) is 10.9. The molecule has 0 unspecified atom stereocenters. The van der Waals surface area contributed by atoms with Gasteiger partial charge in [0.15, 0.2) is 5.13 Å². The Labute approximate surface area is 163 Å². The lowest BCUT2D eigenvalue weighted by Crippen LogP contribution is -2.12. The van der Waals surface area contributed by atoms with Crippen LogP contribution >= 0.6 is 27.3 Å². The number of anilines is 1. The Morgan fingerprint density at radius 3 is 2.42 bits per heavy atom. The summed E-state index contributed by atoms with van der Waals surface area (Å²) in [5.74, 6) is 0. The number of hydrogen-bond donors (Lipinski definition) is 1. The van der Waals surface area contributed by atoms with Crippen LogP contribution in [0, 0.1) is 0 Å². The number of sulfonamides is 1. The van der Waals surface area contributed by atoms with Gasteiger partial charge in [-0.15, -0.1) is 11.3 Å². The van der Waals surface area contributed by atoms with Gasteiger partial charge < -0.3 is 0 Å². The fourth-order valence-electron chi connectivity index (χ4n) is 2.58. The molecule has 4 aromatic rings. The van der Waals surface area contributed by atoms with Crippen molar-refractivity contribution in [3.05, 3.63) is 76.6 Å². The topological polar surface area (TPSA) is 59.1 Å². The number of hydrogen-bond acceptors (Lipinski definition) is 4. The molecule has 7 heteroatoms. The van der Waals surface area contributed by atoms with Crippen LogP contribution < -0.4 is 4.72 Å². The first-order valence-electron chi connectivity index (χ1n) is 7.74. The molecule has 0 spiro atoms. The van der Waals surface area contributed by atoms with E-state index in [4.69, 9.17) is 0 Å². The first kappa shape index (κ1) is 17.2. The molecule has 0 amide bonds. The molecule has 4 nitrogen and oxygen atoms in total. The van der Waals surface area contributed by atoms with Crippen LogP contribution in [0.25, 0.3) is 22.0 Å². The molecular formula is C19H13BrN2O2S2. The fourth-order valence-corrected chi connectivity index (χ4v) is 4.85. The van der Waals surface area contributed by atoms with Gasteiger partial charge in [0.1, 0.15) is 0 Å². The molecule has 0 aliphatic heterocycles. The zero-order valence-corrected chi connectivity index (χ0v) is 16.6. The van der Waals surface area contributed by atoms with E-state index >= 15 is 0 Å². The van der Waals surface area contributed by atoms with Crippen LogP contribution in [0.3, 0.4) is 0 Å². The number of nitrogens with zero attached hydrogens (tertiary/aromatic N) is 1. The molecule has 0 fully saturated rings. The van der Waals surface area contributed by atoms with Gasteiger partial charge in [0.2, 0.25) is 0 Å². The Hall–Kier alpha value is -2.22. The molecule has 1 N–H and O–H groups in total. The monoisotopic (exact) mass is 444 g/mol. The number of rotatable bonds is 4. The lowest BCUT2D eigenvalue weighted by atomic mass is 10.1. The molecule has 1 aromatic heterocycles. The zero-order valence-electron chi connectivity index (χ0n) is 13.4. The molecule has 0 saturated heterocycles. The maximum Gasteiger partial charge on any atom is 0.263 e. The molecule has 0 atom stereocenters. The minimum absolute atomic E-state index is 0.219. The fraction of sp³-hybridized carbons (Fsp3) is 0. The van der Waals surface area contributed by atoms with E-state index in [1.54, 1.807) is 18.2 Å². The summed E-state index contributed by atoms with van der Waals surface area (Å²) in [5, 5.41) is 4.06. The van der Waals surface area contributed by atoms with Crippen LogP contribution in [0.1, 0.15) is 0 Å². The summed E-state index contributed by atoms with van der Waals surface area (Å²) >= 11 is 4.66. The van der Waals surface area contributed by atoms with Crippen molar-refractivity contribution in [1.29, 1.82) is 0 Å². The summed E-state index contributed by atoms with van der Waals surface area (Å²) in [7, 11) is -3.69. The van der Waals surface area contributed by atoms with Crippen molar-refractivity contribution in [1.82, 2.24) is 4.98 Å². The lowest BCUT2D eigenvalue weighted by Gasteiger charge is -2.06. The van der Waals surface area contributed by atoms with E-state index in [2.05, 4.69) is 25.6 Å². The predicted octanol–water partition coefficient (Wildman–Crippen LogP) is 5.53. The van der Waals surface area contributed by atoms with Crippen LogP contribution in [0.5, 0.6) is 0 Å². The Kier molecular flexibility index (Phi) is 4.52. The second-order valence-electron chi connectivity index (χ2n) is 5.66. The molecule has 0 radical (unpaired) electrons. The summed E-state index contributed by atoms with van der Waals surface area (Å²) in [6.45, 7) is 0. The van der Waals surface area contributed by atoms with E-state index in [0.29, 0.717) is 5.13 Å². The molecule has 3 aromatic carbocycles. The quantitative estimate of drug-likeness (QED) is 0.450. The van der Waals surface area contributed by atoms with E-state index in [1.165, 1.54) is 11.3 Å². The Morgan fingerprint density at radius 1 is 0.923 bits per heavy atom. The zero-order chi connectivity index (χ0) is 18.1. The van der Waals surface area contributed by atoms with Crippen molar-refractivity contribution >= 4 is 53.2 Å².